The topological polar surface area (TPSA) is 99.7 Å². The molecular weight excluding hydrogens is 663 g/mol. The van der Waals surface area contributed by atoms with E-state index in [1.54, 1.807) is 23.0 Å². The van der Waals surface area contributed by atoms with Gasteiger partial charge in [-0.3, -0.25) is 4.79 Å². The molecule has 1 saturated heterocycles. The Hall–Kier alpha value is -3.39. The van der Waals surface area contributed by atoms with Crippen LogP contribution in [0.4, 0.5) is 11.4 Å². The first-order valence-electron chi connectivity index (χ1n) is 14.6. The third kappa shape index (κ3) is 6.17. The Morgan fingerprint density at radius 2 is 2.00 bits per heavy atom. The number of fused-ring (bicyclic) bond motifs is 3. The number of aryl methyl sites for hydroxylation is 1. The highest BCUT2D eigenvalue weighted by atomic mass is 127. The van der Waals surface area contributed by atoms with Gasteiger partial charge in [-0.25, -0.2) is 9.46 Å². The van der Waals surface area contributed by atoms with Crippen molar-refractivity contribution in [2.45, 2.75) is 13.3 Å². The minimum Gasteiger partial charge on any atom is -0.490 e. The molecule has 0 saturated carbocycles. The molecule has 6 rings (SSSR count). The van der Waals surface area contributed by atoms with Crippen LogP contribution in [0.1, 0.15) is 12.0 Å². The van der Waals surface area contributed by atoms with Gasteiger partial charge in [0.15, 0.2) is 36.1 Å². The van der Waals surface area contributed by atoms with Gasteiger partial charge in [-0.2, -0.15) is 3.22 Å². The number of amides is 1. The summed E-state index contributed by atoms with van der Waals surface area (Å²) in [5.41, 5.74) is 7.15. The number of benzene rings is 3. The van der Waals surface area contributed by atoms with Crippen LogP contribution in [-0.4, -0.2) is 82.1 Å². The predicted molar refractivity (Wildman–Crippen MR) is 175 cm³/mol. The number of piperazine rings is 1. The van der Waals surface area contributed by atoms with Gasteiger partial charge in [0.2, 0.25) is 11.3 Å². The van der Waals surface area contributed by atoms with Crippen molar-refractivity contribution < 1.29 is 27.2 Å². The molecule has 0 aromatic heterocycles. The van der Waals surface area contributed by atoms with Gasteiger partial charge in [-0.1, -0.05) is 0 Å². The quantitative estimate of drug-likeness (QED) is 0.0711. The van der Waals surface area contributed by atoms with Gasteiger partial charge in [0, 0.05) is 60.9 Å². The number of rotatable bonds is 8. The molecule has 226 valence electrons. The van der Waals surface area contributed by atoms with Crippen LogP contribution >= 0.6 is 23.0 Å². The van der Waals surface area contributed by atoms with Gasteiger partial charge in [-0.05, 0) is 48.4 Å². The van der Waals surface area contributed by atoms with E-state index in [1.165, 1.54) is 0 Å². The van der Waals surface area contributed by atoms with Gasteiger partial charge in [0.25, 0.3) is 0 Å². The number of aliphatic hydroxyl groups excluding tert-OH is 1. The number of aliphatic hydroxyl groups is 1. The molecule has 0 atom stereocenters. The van der Waals surface area contributed by atoms with Crippen LogP contribution in [0.15, 0.2) is 52.9 Å². The maximum Gasteiger partial charge on any atom is 0.225 e. The van der Waals surface area contributed by atoms with Crippen LogP contribution < -0.4 is 24.9 Å². The Kier molecular flexibility index (Phi) is 9.03. The molecule has 2 aromatic rings. The highest BCUT2D eigenvalue weighted by molar-refractivity contribution is 14.1. The highest BCUT2D eigenvalue weighted by Crippen LogP contribution is 2.44. The second-order valence-corrected chi connectivity index (χ2v) is 11.3. The van der Waals surface area contributed by atoms with Gasteiger partial charge >= 0.3 is 0 Å². The highest BCUT2D eigenvalue weighted by Gasteiger charge is 2.25. The lowest BCUT2D eigenvalue weighted by atomic mass is 9.92. The standard InChI is InChI=1S/C32H35IN4O6/c1-21-17-22(18-29-32(21)34-8-15-40-29)31-25-5-3-23(35(2)13-16-41-43-33)19-27(25)42-28-20-24(4-6-26(28)31)36-9-11-37(12-10-36)30(39)7-14-38/h3-6,17-20,38H,7-16H2,1-2H3/p+1. The number of carbonyl (C=O) groups excluding carboxylic acids is 1. The predicted octanol–water partition coefficient (Wildman–Crippen LogP) is 4.05. The molecule has 2 aromatic carbocycles. The summed E-state index contributed by atoms with van der Waals surface area (Å²) in [4.78, 5) is 21.3. The molecule has 10 nitrogen and oxygen atoms in total. The lowest BCUT2D eigenvalue weighted by molar-refractivity contribution is -0.162. The van der Waals surface area contributed by atoms with Gasteiger partial charge < -0.3 is 29.4 Å². The molecule has 0 radical (unpaired) electrons. The van der Waals surface area contributed by atoms with Crippen molar-refractivity contribution in [1.82, 2.24) is 9.48 Å². The lowest BCUT2D eigenvalue weighted by Gasteiger charge is -2.25. The van der Waals surface area contributed by atoms with Crippen LogP contribution in [-0.2, 0) is 12.9 Å². The minimum atomic E-state index is -0.119. The van der Waals surface area contributed by atoms with Crippen LogP contribution in [0.2, 0.25) is 0 Å². The number of carbonyl (C=O) groups is 1. The SMILES string of the molecule is Cc1cc(-c2c3ccc(=[N+]4CCN(C(=O)CCO)CC4)cc-3oc3cc(N(C)CCOOI)ccc23)cc2c1NCCO2. The molecule has 4 aliphatic rings. The Labute approximate surface area is 264 Å². The summed E-state index contributed by atoms with van der Waals surface area (Å²) < 4.78 is 19.7. The fourth-order valence-corrected chi connectivity index (χ4v) is 6.17. The minimum absolute atomic E-state index is 0.000417. The van der Waals surface area contributed by atoms with Crippen molar-refractivity contribution in [3.63, 3.8) is 0 Å². The van der Waals surface area contributed by atoms with E-state index in [1.807, 2.05) is 11.9 Å². The first-order chi connectivity index (χ1) is 21.0. The summed E-state index contributed by atoms with van der Waals surface area (Å²) in [6.45, 7) is 7.19. The van der Waals surface area contributed by atoms with E-state index in [4.69, 9.17) is 22.4 Å². The Morgan fingerprint density at radius 1 is 1.16 bits per heavy atom. The molecule has 1 aliphatic carbocycles. The van der Waals surface area contributed by atoms with Crippen LogP contribution in [0.5, 0.6) is 5.75 Å². The van der Waals surface area contributed by atoms with E-state index >= 15 is 0 Å². The zero-order chi connectivity index (χ0) is 29.9. The van der Waals surface area contributed by atoms with E-state index in [0.29, 0.717) is 32.8 Å². The summed E-state index contributed by atoms with van der Waals surface area (Å²) in [6, 6.07) is 17.0. The van der Waals surface area contributed by atoms with E-state index in [-0.39, 0.29) is 18.9 Å². The number of anilines is 2. The molecular formula is C32H36IN4O6+. The zero-order valence-corrected chi connectivity index (χ0v) is 26.6. The molecule has 0 spiro atoms. The zero-order valence-electron chi connectivity index (χ0n) is 24.4. The maximum absolute atomic E-state index is 12.3. The Balaban J connectivity index is 1.47. The first-order valence-corrected chi connectivity index (χ1v) is 15.4. The summed E-state index contributed by atoms with van der Waals surface area (Å²) in [7, 11) is 2.01. The third-order valence-corrected chi connectivity index (χ3v) is 8.51. The molecule has 0 unspecified atom stereocenters. The number of ether oxygens (including phenoxy) is 1. The molecule has 1 amide bonds. The van der Waals surface area contributed by atoms with Crippen LogP contribution in [0.25, 0.3) is 33.4 Å². The molecule has 3 aliphatic heterocycles. The van der Waals surface area contributed by atoms with Gasteiger partial charge in [0.1, 0.15) is 30.3 Å². The van der Waals surface area contributed by atoms with E-state index in [0.717, 1.165) is 81.1 Å². The molecule has 11 heteroatoms. The van der Waals surface area contributed by atoms with Crippen molar-refractivity contribution >= 4 is 51.3 Å². The number of nitrogens with one attached hydrogen (secondary N) is 1. The van der Waals surface area contributed by atoms with Crippen molar-refractivity contribution in [3.8, 4) is 28.2 Å². The van der Waals surface area contributed by atoms with Crippen molar-refractivity contribution in [3.05, 3.63) is 59.5 Å². The number of nitrogens with zero attached hydrogens (tertiary/aromatic N) is 3. The lowest BCUT2D eigenvalue weighted by Crippen LogP contribution is -2.50. The van der Waals surface area contributed by atoms with E-state index in [9.17, 15) is 4.79 Å². The summed E-state index contributed by atoms with van der Waals surface area (Å²) >= 11 is 1.72. The Bertz CT molecular complexity index is 1680. The van der Waals surface area contributed by atoms with Gasteiger partial charge in [0.05, 0.1) is 31.5 Å². The van der Waals surface area contributed by atoms with Crippen LogP contribution in [0, 0.1) is 6.92 Å². The largest absolute Gasteiger partial charge is 0.490 e. The average Bonchev–Trinajstić information content (AvgIpc) is 3.03. The third-order valence-electron chi connectivity index (χ3n) is 8.26. The smallest absolute Gasteiger partial charge is 0.225 e. The van der Waals surface area contributed by atoms with E-state index in [2.05, 4.69) is 70.2 Å². The van der Waals surface area contributed by atoms with Crippen LogP contribution in [0.3, 0.4) is 0 Å². The molecule has 1 fully saturated rings. The van der Waals surface area contributed by atoms with Crippen molar-refractivity contribution in [2.24, 2.45) is 0 Å². The average molecular weight is 700 g/mol. The second-order valence-electron chi connectivity index (χ2n) is 10.9. The number of halogens is 1. The number of hydrogen-bond acceptors (Lipinski definition) is 8. The summed E-state index contributed by atoms with van der Waals surface area (Å²) in [5.74, 6) is 1.65. The van der Waals surface area contributed by atoms with Gasteiger partial charge in [-0.15, -0.1) is 0 Å². The summed E-state index contributed by atoms with van der Waals surface area (Å²) in [5, 5.41) is 14.7. The molecule has 2 N–H and O–H groups in total. The van der Waals surface area contributed by atoms with Crippen molar-refractivity contribution in [1.29, 1.82) is 0 Å². The monoisotopic (exact) mass is 699 g/mol. The Morgan fingerprint density at radius 3 is 2.79 bits per heavy atom. The molecule has 43 heavy (non-hydrogen) atoms. The van der Waals surface area contributed by atoms with E-state index < -0.39 is 0 Å². The number of hydrogen-bond donors (Lipinski definition) is 2. The molecule has 3 heterocycles. The summed E-state index contributed by atoms with van der Waals surface area (Å²) in [6.07, 6.45) is 0.171. The first kappa shape index (κ1) is 29.7. The fraction of sp³-hybridized carbons (Fsp3) is 0.375. The van der Waals surface area contributed by atoms with Crippen molar-refractivity contribution in [2.75, 3.05) is 76.4 Å². The maximum atomic E-state index is 12.3. The second kappa shape index (κ2) is 13.1. The fourth-order valence-electron chi connectivity index (χ4n) is 5.99. The number of likely N-dealkylation sites (N-methyl/N-ethyl adjacent to an activating group) is 1. The normalized spacial score (nSPS) is 14.9. The molecule has 0 bridgehead atoms.